The third kappa shape index (κ3) is 4.35. The number of carbonyl (C=O) groups excluding carboxylic acids is 1. The van der Waals surface area contributed by atoms with Crippen molar-refractivity contribution in [3.8, 4) is 5.75 Å². The molecule has 1 N–H and O–H groups in total. The van der Waals surface area contributed by atoms with E-state index in [0.29, 0.717) is 18.9 Å². The summed E-state index contributed by atoms with van der Waals surface area (Å²) in [7, 11) is 1.41. The van der Waals surface area contributed by atoms with Gasteiger partial charge in [-0.25, -0.2) is 0 Å². The largest absolute Gasteiger partial charge is 0.489 e. The quantitative estimate of drug-likeness (QED) is 0.849. The van der Waals surface area contributed by atoms with Gasteiger partial charge in [0.1, 0.15) is 17.9 Å². The molecular weight excluding hydrogens is 290 g/mol. The van der Waals surface area contributed by atoms with Gasteiger partial charge >= 0.3 is 5.97 Å². The Bertz CT molecular complexity index is 467. The average Bonchev–Trinajstić information content (AvgIpc) is 2.94. The Hall–Kier alpha value is -1.26. The Morgan fingerprint density at radius 3 is 2.81 bits per heavy atom. The molecule has 1 aromatic rings. The van der Waals surface area contributed by atoms with Crippen LogP contribution < -0.4 is 10.1 Å². The fourth-order valence-electron chi connectivity index (χ4n) is 2.51. The van der Waals surface area contributed by atoms with Crippen molar-refractivity contribution in [3.63, 3.8) is 0 Å². The van der Waals surface area contributed by atoms with Crippen molar-refractivity contribution in [2.24, 2.45) is 0 Å². The third-order valence-electron chi connectivity index (χ3n) is 3.93. The predicted molar refractivity (Wildman–Crippen MR) is 85.2 cm³/mol. The van der Waals surface area contributed by atoms with E-state index in [1.54, 1.807) is 0 Å². The molecule has 0 radical (unpaired) electrons. The maximum absolute atomic E-state index is 11.5. The van der Waals surface area contributed by atoms with E-state index >= 15 is 0 Å². The van der Waals surface area contributed by atoms with Crippen molar-refractivity contribution in [2.75, 3.05) is 13.7 Å². The van der Waals surface area contributed by atoms with Gasteiger partial charge in [-0.2, -0.15) is 0 Å². The van der Waals surface area contributed by atoms with Gasteiger partial charge in [-0.05, 0) is 24.0 Å². The molecule has 1 heterocycles. The molecule has 0 amide bonds. The zero-order valence-electron chi connectivity index (χ0n) is 12.8. The van der Waals surface area contributed by atoms with Crippen LogP contribution in [0.15, 0.2) is 24.3 Å². The lowest BCUT2D eigenvalue weighted by molar-refractivity contribution is -0.142. The first-order valence-corrected chi connectivity index (χ1v) is 7.22. The SMILES string of the molecule is CCC(C)c1ccccc1OC1CNC(C(=O)OC)C1.Cl. The minimum atomic E-state index is -0.249. The number of methoxy groups -OCH3 is 1. The van der Waals surface area contributed by atoms with Crippen molar-refractivity contribution in [2.45, 2.75) is 44.8 Å². The highest BCUT2D eigenvalue weighted by Crippen LogP contribution is 2.30. The molecule has 0 bridgehead atoms. The number of hydrogen-bond acceptors (Lipinski definition) is 4. The molecule has 0 spiro atoms. The van der Waals surface area contributed by atoms with Gasteiger partial charge in [0.15, 0.2) is 0 Å². The summed E-state index contributed by atoms with van der Waals surface area (Å²) in [6.45, 7) is 5.05. The summed E-state index contributed by atoms with van der Waals surface area (Å²) in [6.07, 6.45) is 1.75. The van der Waals surface area contributed by atoms with Gasteiger partial charge in [0, 0.05) is 13.0 Å². The summed E-state index contributed by atoms with van der Waals surface area (Å²) in [5, 5.41) is 3.14. The minimum absolute atomic E-state index is 0. The zero-order chi connectivity index (χ0) is 14.5. The van der Waals surface area contributed by atoms with E-state index in [2.05, 4.69) is 25.2 Å². The summed E-state index contributed by atoms with van der Waals surface area (Å²) >= 11 is 0. The zero-order valence-corrected chi connectivity index (χ0v) is 13.6. The normalized spacial score (nSPS) is 22.2. The van der Waals surface area contributed by atoms with E-state index in [1.807, 2.05) is 18.2 Å². The Morgan fingerprint density at radius 2 is 2.14 bits per heavy atom. The Labute approximate surface area is 132 Å². The molecule has 1 saturated heterocycles. The van der Waals surface area contributed by atoms with E-state index < -0.39 is 0 Å². The number of halogens is 1. The molecular formula is C16H24ClNO3. The van der Waals surface area contributed by atoms with E-state index in [-0.39, 0.29) is 30.5 Å². The van der Waals surface area contributed by atoms with E-state index in [0.717, 1.165) is 12.2 Å². The Morgan fingerprint density at radius 1 is 1.43 bits per heavy atom. The number of rotatable bonds is 5. The van der Waals surface area contributed by atoms with Crippen molar-refractivity contribution >= 4 is 18.4 Å². The van der Waals surface area contributed by atoms with Crippen molar-refractivity contribution in [1.29, 1.82) is 0 Å². The highest BCUT2D eigenvalue weighted by atomic mass is 35.5. The first-order chi connectivity index (χ1) is 9.65. The Kier molecular flexibility index (Phi) is 6.99. The van der Waals surface area contributed by atoms with Crippen molar-refractivity contribution in [1.82, 2.24) is 5.32 Å². The van der Waals surface area contributed by atoms with E-state index in [1.165, 1.54) is 12.7 Å². The topological polar surface area (TPSA) is 47.6 Å². The Balaban J connectivity index is 0.00000220. The van der Waals surface area contributed by atoms with Gasteiger partial charge in [0.25, 0.3) is 0 Å². The molecule has 0 saturated carbocycles. The van der Waals surface area contributed by atoms with Crippen LogP contribution in [0.4, 0.5) is 0 Å². The van der Waals surface area contributed by atoms with Crippen LogP contribution >= 0.6 is 12.4 Å². The molecule has 4 nitrogen and oxygen atoms in total. The summed E-state index contributed by atoms with van der Waals surface area (Å²) in [5.74, 6) is 1.18. The fourth-order valence-corrected chi connectivity index (χ4v) is 2.51. The molecule has 3 unspecified atom stereocenters. The molecule has 0 aliphatic carbocycles. The van der Waals surface area contributed by atoms with Gasteiger partial charge in [-0.1, -0.05) is 32.0 Å². The van der Waals surface area contributed by atoms with Crippen LogP contribution in [0, 0.1) is 0 Å². The summed E-state index contributed by atoms with van der Waals surface area (Å²) in [5.41, 5.74) is 1.23. The number of benzene rings is 1. The summed E-state index contributed by atoms with van der Waals surface area (Å²) in [4.78, 5) is 11.5. The van der Waals surface area contributed by atoms with E-state index in [9.17, 15) is 4.79 Å². The van der Waals surface area contributed by atoms with E-state index in [4.69, 9.17) is 9.47 Å². The van der Waals surface area contributed by atoms with Crippen molar-refractivity contribution in [3.05, 3.63) is 29.8 Å². The van der Waals surface area contributed by atoms with Crippen LogP contribution in [0.1, 0.15) is 38.2 Å². The molecule has 1 aromatic carbocycles. The second kappa shape index (κ2) is 8.25. The van der Waals surface area contributed by atoms with Gasteiger partial charge < -0.3 is 14.8 Å². The third-order valence-corrected chi connectivity index (χ3v) is 3.93. The highest BCUT2D eigenvalue weighted by molar-refractivity contribution is 5.85. The molecule has 2 rings (SSSR count). The molecule has 21 heavy (non-hydrogen) atoms. The molecule has 0 aromatic heterocycles. The number of esters is 1. The lowest BCUT2D eigenvalue weighted by Crippen LogP contribution is -2.31. The van der Waals surface area contributed by atoms with Crippen LogP contribution in [0.2, 0.25) is 0 Å². The first kappa shape index (κ1) is 17.8. The van der Waals surface area contributed by atoms with Crippen LogP contribution in [-0.2, 0) is 9.53 Å². The van der Waals surface area contributed by atoms with Crippen LogP contribution in [0.5, 0.6) is 5.75 Å². The summed E-state index contributed by atoms with van der Waals surface area (Å²) < 4.78 is 10.8. The van der Waals surface area contributed by atoms with Gasteiger partial charge in [-0.15, -0.1) is 12.4 Å². The molecule has 1 fully saturated rings. The van der Waals surface area contributed by atoms with Crippen LogP contribution in [-0.4, -0.2) is 31.8 Å². The monoisotopic (exact) mass is 313 g/mol. The lowest BCUT2D eigenvalue weighted by atomic mass is 9.98. The van der Waals surface area contributed by atoms with Gasteiger partial charge in [-0.3, -0.25) is 4.79 Å². The number of para-hydroxylation sites is 1. The molecule has 118 valence electrons. The second-order valence-electron chi connectivity index (χ2n) is 5.31. The molecule has 3 atom stereocenters. The lowest BCUT2D eigenvalue weighted by Gasteiger charge is -2.19. The molecule has 1 aliphatic heterocycles. The fraction of sp³-hybridized carbons (Fsp3) is 0.562. The van der Waals surface area contributed by atoms with Crippen LogP contribution in [0.25, 0.3) is 0 Å². The second-order valence-corrected chi connectivity index (χ2v) is 5.31. The highest BCUT2D eigenvalue weighted by Gasteiger charge is 2.31. The van der Waals surface area contributed by atoms with Crippen molar-refractivity contribution < 1.29 is 14.3 Å². The van der Waals surface area contributed by atoms with Crippen LogP contribution in [0.3, 0.4) is 0 Å². The minimum Gasteiger partial charge on any atom is -0.489 e. The average molecular weight is 314 g/mol. The maximum atomic E-state index is 11.5. The molecule has 5 heteroatoms. The summed E-state index contributed by atoms with van der Waals surface area (Å²) in [6, 6.07) is 7.90. The predicted octanol–water partition coefficient (Wildman–Crippen LogP) is 2.90. The van der Waals surface area contributed by atoms with Gasteiger partial charge in [0.05, 0.1) is 7.11 Å². The standard InChI is InChI=1S/C16H23NO3.ClH/c1-4-11(2)13-7-5-6-8-15(13)20-12-9-14(17-10-12)16(18)19-3;/h5-8,11-12,14,17H,4,9-10H2,1-3H3;1H. The molecule has 1 aliphatic rings. The maximum Gasteiger partial charge on any atom is 0.323 e. The first-order valence-electron chi connectivity index (χ1n) is 7.22. The number of ether oxygens (including phenoxy) is 2. The number of nitrogens with one attached hydrogen (secondary N) is 1. The number of hydrogen-bond donors (Lipinski definition) is 1. The number of carbonyl (C=O) groups is 1. The smallest absolute Gasteiger partial charge is 0.323 e. The van der Waals surface area contributed by atoms with Gasteiger partial charge in [0.2, 0.25) is 0 Å².